The Kier molecular flexibility index (Phi) is 4.82. The molecule has 1 N–H and O–H groups in total. The van der Waals surface area contributed by atoms with Crippen LogP contribution in [0.4, 0.5) is 0 Å². The molecule has 3 unspecified atom stereocenters. The molecule has 0 aliphatic heterocycles. The van der Waals surface area contributed by atoms with E-state index in [4.69, 9.17) is 6.42 Å². The summed E-state index contributed by atoms with van der Waals surface area (Å²) < 4.78 is 23.0. The van der Waals surface area contributed by atoms with E-state index < -0.39 is 9.84 Å². The number of nitrogens with one attached hydrogen (secondary N) is 1. The van der Waals surface area contributed by atoms with E-state index in [1.165, 1.54) is 6.26 Å². The maximum Gasteiger partial charge on any atom is 0.150 e. The molecule has 1 fully saturated rings. The van der Waals surface area contributed by atoms with Crippen LogP contribution in [0.25, 0.3) is 0 Å². The summed E-state index contributed by atoms with van der Waals surface area (Å²) in [6.45, 7) is 2.05. The van der Waals surface area contributed by atoms with E-state index in [9.17, 15) is 8.42 Å². The minimum absolute atomic E-state index is 0.170. The first kappa shape index (κ1) is 13.5. The van der Waals surface area contributed by atoms with Gasteiger partial charge in [-0.2, -0.15) is 0 Å². The van der Waals surface area contributed by atoms with E-state index in [2.05, 4.69) is 11.2 Å². The van der Waals surface area contributed by atoms with Crippen LogP contribution in [0.1, 0.15) is 39.0 Å². The number of rotatable bonds is 4. The van der Waals surface area contributed by atoms with Crippen LogP contribution in [0, 0.1) is 12.3 Å². The normalized spacial score (nSPS) is 28.3. The van der Waals surface area contributed by atoms with Crippen molar-refractivity contribution in [2.45, 2.75) is 56.4 Å². The number of hydrogen-bond acceptors (Lipinski definition) is 3. The smallest absolute Gasteiger partial charge is 0.150 e. The van der Waals surface area contributed by atoms with E-state index in [-0.39, 0.29) is 11.3 Å². The van der Waals surface area contributed by atoms with Crippen molar-refractivity contribution in [1.29, 1.82) is 0 Å². The fourth-order valence-electron chi connectivity index (χ4n) is 2.32. The molecule has 0 saturated heterocycles. The minimum Gasteiger partial charge on any atom is -0.311 e. The van der Waals surface area contributed by atoms with Crippen LogP contribution < -0.4 is 5.32 Å². The maximum atomic E-state index is 11.5. The first-order chi connectivity index (χ1) is 7.43. The van der Waals surface area contributed by atoms with Gasteiger partial charge in [0.05, 0.1) is 5.25 Å². The van der Waals surface area contributed by atoms with Gasteiger partial charge in [0.2, 0.25) is 0 Å². The highest BCUT2D eigenvalue weighted by Crippen LogP contribution is 2.24. The molecule has 4 heteroatoms. The highest BCUT2D eigenvalue weighted by molar-refractivity contribution is 7.91. The highest BCUT2D eigenvalue weighted by Gasteiger charge is 2.29. The van der Waals surface area contributed by atoms with E-state index >= 15 is 0 Å². The average molecular weight is 243 g/mol. The van der Waals surface area contributed by atoms with Crippen molar-refractivity contribution in [2.75, 3.05) is 6.26 Å². The topological polar surface area (TPSA) is 46.2 Å². The van der Waals surface area contributed by atoms with Crippen molar-refractivity contribution in [3.05, 3.63) is 0 Å². The van der Waals surface area contributed by atoms with E-state index in [1.807, 2.05) is 6.92 Å². The Balaban J connectivity index is 2.49. The van der Waals surface area contributed by atoms with Gasteiger partial charge in [-0.3, -0.25) is 0 Å². The molecule has 0 aromatic carbocycles. The lowest BCUT2D eigenvalue weighted by Gasteiger charge is -2.30. The third-order valence-corrected chi connectivity index (χ3v) is 4.82. The first-order valence-corrected chi connectivity index (χ1v) is 7.77. The second kappa shape index (κ2) is 5.70. The van der Waals surface area contributed by atoms with Gasteiger partial charge in [-0.15, -0.1) is 12.3 Å². The molecule has 0 heterocycles. The predicted octanol–water partition coefficient (Wildman–Crippen LogP) is 1.34. The maximum absolute atomic E-state index is 11.5. The van der Waals surface area contributed by atoms with Gasteiger partial charge in [0, 0.05) is 24.8 Å². The summed E-state index contributed by atoms with van der Waals surface area (Å²) in [6, 6.07) is 0.574. The highest BCUT2D eigenvalue weighted by atomic mass is 32.2. The Morgan fingerprint density at radius 1 is 1.50 bits per heavy atom. The average Bonchev–Trinajstić information content (AvgIpc) is 2.17. The van der Waals surface area contributed by atoms with Gasteiger partial charge in [0.15, 0.2) is 0 Å². The standard InChI is InChI=1S/C12H21NO2S/c1-4-6-10(2)13-11-7-5-8-12(9-11)16(3,14)15/h1,10-13H,5-9H2,2-3H3. The van der Waals surface area contributed by atoms with Crippen LogP contribution >= 0.6 is 0 Å². The van der Waals surface area contributed by atoms with Crippen molar-refractivity contribution in [1.82, 2.24) is 5.32 Å². The molecule has 3 atom stereocenters. The molecule has 0 bridgehead atoms. The Morgan fingerprint density at radius 2 is 2.19 bits per heavy atom. The molecule has 1 rings (SSSR count). The first-order valence-electron chi connectivity index (χ1n) is 5.82. The zero-order valence-electron chi connectivity index (χ0n) is 10.1. The molecule has 0 aromatic heterocycles. The van der Waals surface area contributed by atoms with Crippen molar-refractivity contribution < 1.29 is 8.42 Å². The van der Waals surface area contributed by atoms with Crippen molar-refractivity contribution >= 4 is 9.84 Å². The zero-order valence-corrected chi connectivity index (χ0v) is 10.9. The Morgan fingerprint density at radius 3 is 2.75 bits per heavy atom. The predicted molar refractivity (Wildman–Crippen MR) is 66.9 cm³/mol. The largest absolute Gasteiger partial charge is 0.311 e. The van der Waals surface area contributed by atoms with E-state index in [1.54, 1.807) is 0 Å². The monoisotopic (exact) mass is 243 g/mol. The lowest BCUT2D eigenvalue weighted by atomic mass is 9.94. The van der Waals surface area contributed by atoms with Gasteiger partial charge in [0.25, 0.3) is 0 Å². The molecule has 3 nitrogen and oxygen atoms in total. The Bertz CT molecular complexity index is 356. The number of terminal acetylenes is 1. The minimum atomic E-state index is -2.89. The van der Waals surface area contributed by atoms with Crippen LogP contribution in [-0.2, 0) is 9.84 Å². The van der Waals surface area contributed by atoms with Crippen LogP contribution in [-0.4, -0.2) is 32.0 Å². The molecule has 1 saturated carbocycles. The Labute approximate surface area is 98.9 Å². The van der Waals surface area contributed by atoms with Gasteiger partial charge in [-0.25, -0.2) is 8.42 Å². The quantitative estimate of drug-likeness (QED) is 0.758. The summed E-state index contributed by atoms with van der Waals surface area (Å²) in [5.41, 5.74) is 0. The van der Waals surface area contributed by atoms with Gasteiger partial charge in [-0.05, 0) is 26.2 Å². The molecular formula is C12H21NO2S. The lowest BCUT2D eigenvalue weighted by molar-refractivity contribution is 0.345. The van der Waals surface area contributed by atoms with Gasteiger partial charge >= 0.3 is 0 Å². The lowest BCUT2D eigenvalue weighted by Crippen LogP contribution is -2.42. The molecular weight excluding hydrogens is 222 g/mol. The van der Waals surface area contributed by atoms with Crippen LogP contribution in [0.2, 0.25) is 0 Å². The van der Waals surface area contributed by atoms with Gasteiger partial charge in [-0.1, -0.05) is 6.42 Å². The Hall–Kier alpha value is -0.530. The van der Waals surface area contributed by atoms with Crippen molar-refractivity contribution in [2.24, 2.45) is 0 Å². The van der Waals surface area contributed by atoms with Crippen LogP contribution in [0.5, 0.6) is 0 Å². The zero-order chi connectivity index (χ0) is 12.2. The van der Waals surface area contributed by atoms with Crippen molar-refractivity contribution in [3.63, 3.8) is 0 Å². The molecule has 0 radical (unpaired) electrons. The number of hydrogen-bond donors (Lipinski definition) is 1. The van der Waals surface area contributed by atoms with Gasteiger partial charge < -0.3 is 5.32 Å². The molecule has 0 aromatic rings. The molecule has 16 heavy (non-hydrogen) atoms. The summed E-state index contributed by atoms with van der Waals surface area (Å²) >= 11 is 0. The fraction of sp³-hybridized carbons (Fsp3) is 0.833. The molecule has 0 spiro atoms. The molecule has 92 valence electrons. The summed E-state index contributed by atoms with van der Waals surface area (Å²) in [5.74, 6) is 2.62. The third kappa shape index (κ3) is 4.15. The van der Waals surface area contributed by atoms with E-state index in [0.717, 1.165) is 25.7 Å². The second-order valence-electron chi connectivity index (χ2n) is 4.79. The SMILES string of the molecule is C#CCC(C)NC1CCCC(S(C)(=O)=O)C1. The van der Waals surface area contributed by atoms with E-state index in [0.29, 0.717) is 12.5 Å². The third-order valence-electron chi connectivity index (χ3n) is 3.18. The summed E-state index contributed by atoms with van der Waals surface area (Å²) in [6.07, 6.45) is 10.9. The molecule has 0 amide bonds. The number of sulfone groups is 1. The summed E-state index contributed by atoms with van der Waals surface area (Å²) in [5, 5.41) is 3.25. The van der Waals surface area contributed by atoms with Gasteiger partial charge in [0.1, 0.15) is 9.84 Å². The second-order valence-corrected chi connectivity index (χ2v) is 7.12. The van der Waals surface area contributed by atoms with Crippen molar-refractivity contribution in [3.8, 4) is 12.3 Å². The van der Waals surface area contributed by atoms with Crippen LogP contribution in [0.3, 0.4) is 0 Å². The van der Waals surface area contributed by atoms with Crippen LogP contribution in [0.15, 0.2) is 0 Å². The summed E-state index contributed by atoms with van der Waals surface area (Å²) in [7, 11) is -2.89. The summed E-state index contributed by atoms with van der Waals surface area (Å²) in [4.78, 5) is 0. The molecule has 1 aliphatic carbocycles. The molecule has 1 aliphatic rings. The fourth-order valence-corrected chi connectivity index (χ4v) is 3.50.